The highest BCUT2D eigenvalue weighted by Gasteiger charge is 2.33. The van der Waals surface area contributed by atoms with Crippen LogP contribution >= 0.6 is 0 Å². The molecule has 1 aliphatic rings. The number of carbonyl (C=O) groups is 1. The minimum Gasteiger partial charge on any atom is -0.487 e. The quantitative estimate of drug-likeness (QED) is 0.871. The number of benzene rings is 1. The molecule has 1 saturated heterocycles. The zero-order valence-corrected chi connectivity index (χ0v) is 11.0. The largest absolute Gasteiger partial charge is 0.487 e. The number of ether oxygens (including phenoxy) is 1. The van der Waals surface area contributed by atoms with Gasteiger partial charge in [-0.15, -0.1) is 0 Å². The van der Waals surface area contributed by atoms with Gasteiger partial charge in [-0.2, -0.15) is 0 Å². The van der Waals surface area contributed by atoms with Gasteiger partial charge in [-0.1, -0.05) is 0 Å². The van der Waals surface area contributed by atoms with E-state index < -0.39 is 17.5 Å². The molecule has 1 aliphatic heterocycles. The van der Waals surface area contributed by atoms with E-state index in [4.69, 9.17) is 4.74 Å². The van der Waals surface area contributed by atoms with Crippen molar-refractivity contribution in [1.82, 2.24) is 9.88 Å². The minimum absolute atomic E-state index is 0.125. The second kappa shape index (κ2) is 5.47. The Morgan fingerprint density at radius 3 is 2.57 bits per heavy atom. The summed E-state index contributed by atoms with van der Waals surface area (Å²) in [5, 5.41) is 0. The number of hydrogen-bond donors (Lipinski definition) is 0. The fourth-order valence-corrected chi connectivity index (χ4v) is 2.12. The summed E-state index contributed by atoms with van der Waals surface area (Å²) in [6, 6.07) is 6.39. The SMILES string of the molecule is O=C(c1ccc(F)cc1F)N1CC(Oc2ccncc2)C1. The van der Waals surface area contributed by atoms with E-state index in [1.54, 1.807) is 24.5 Å². The number of nitrogens with zero attached hydrogens (tertiary/aromatic N) is 2. The highest BCUT2D eigenvalue weighted by atomic mass is 19.1. The van der Waals surface area contributed by atoms with Crippen molar-refractivity contribution in [3.05, 3.63) is 59.9 Å². The molecular formula is C15H12F2N2O2. The maximum absolute atomic E-state index is 13.5. The predicted octanol–water partition coefficient (Wildman–Crippen LogP) is 2.26. The van der Waals surface area contributed by atoms with Crippen molar-refractivity contribution in [3.8, 4) is 5.75 Å². The van der Waals surface area contributed by atoms with Crippen molar-refractivity contribution < 1.29 is 18.3 Å². The lowest BCUT2D eigenvalue weighted by Crippen LogP contribution is -2.56. The van der Waals surface area contributed by atoms with Crippen LogP contribution in [0.1, 0.15) is 10.4 Å². The number of halogens is 2. The van der Waals surface area contributed by atoms with Crippen molar-refractivity contribution in [3.63, 3.8) is 0 Å². The number of aromatic nitrogens is 1. The summed E-state index contributed by atoms with van der Waals surface area (Å²) in [5.74, 6) is -1.33. The summed E-state index contributed by atoms with van der Waals surface area (Å²) in [6.45, 7) is 0.746. The van der Waals surface area contributed by atoms with Gasteiger partial charge in [-0.3, -0.25) is 9.78 Å². The number of amides is 1. The highest BCUT2D eigenvalue weighted by molar-refractivity contribution is 5.95. The molecule has 21 heavy (non-hydrogen) atoms. The second-order valence-electron chi connectivity index (χ2n) is 4.76. The van der Waals surface area contributed by atoms with Crippen molar-refractivity contribution in [2.75, 3.05) is 13.1 Å². The smallest absolute Gasteiger partial charge is 0.257 e. The second-order valence-corrected chi connectivity index (χ2v) is 4.76. The average molecular weight is 290 g/mol. The third kappa shape index (κ3) is 2.84. The van der Waals surface area contributed by atoms with Crippen LogP contribution in [-0.2, 0) is 0 Å². The zero-order chi connectivity index (χ0) is 14.8. The van der Waals surface area contributed by atoms with Crippen molar-refractivity contribution in [2.24, 2.45) is 0 Å². The lowest BCUT2D eigenvalue weighted by atomic mass is 10.1. The monoisotopic (exact) mass is 290 g/mol. The Bertz CT molecular complexity index is 658. The molecule has 3 rings (SSSR count). The third-order valence-electron chi connectivity index (χ3n) is 3.25. The van der Waals surface area contributed by atoms with Gasteiger partial charge < -0.3 is 9.64 Å². The molecular weight excluding hydrogens is 278 g/mol. The summed E-state index contributed by atoms with van der Waals surface area (Å²) in [4.78, 5) is 17.4. The van der Waals surface area contributed by atoms with Crippen LogP contribution in [0.2, 0.25) is 0 Å². The van der Waals surface area contributed by atoms with E-state index in [0.717, 1.165) is 12.1 Å². The Morgan fingerprint density at radius 2 is 1.90 bits per heavy atom. The Labute approximate surface area is 120 Å². The summed E-state index contributed by atoms with van der Waals surface area (Å²) >= 11 is 0. The first-order chi connectivity index (χ1) is 10.1. The molecule has 0 aliphatic carbocycles. The number of likely N-dealkylation sites (tertiary alicyclic amines) is 1. The molecule has 2 heterocycles. The van der Waals surface area contributed by atoms with Crippen LogP contribution in [0.15, 0.2) is 42.7 Å². The van der Waals surface area contributed by atoms with E-state index in [1.165, 1.54) is 4.90 Å². The molecule has 0 N–H and O–H groups in total. The normalized spacial score (nSPS) is 14.7. The molecule has 0 atom stereocenters. The predicted molar refractivity (Wildman–Crippen MR) is 70.9 cm³/mol. The summed E-state index contributed by atoms with van der Waals surface area (Å²) in [5.41, 5.74) is -0.126. The van der Waals surface area contributed by atoms with Crippen LogP contribution in [-0.4, -0.2) is 35.0 Å². The Hall–Kier alpha value is -2.50. The fraction of sp³-hybridized carbons (Fsp3) is 0.200. The van der Waals surface area contributed by atoms with Gasteiger partial charge in [0.05, 0.1) is 18.7 Å². The molecule has 6 heteroatoms. The van der Waals surface area contributed by atoms with Crippen molar-refractivity contribution in [2.45, 2.75) is 6.10 Å². The molecule has 108 valence electrons. The maximum atomic E-state index is 13.5. The number of rotatable bonds is 3. The van der Waals surface area contributed by atoms with E-state index in [0.29, 0.717) is 24.9 Å². The standard InChI is InChI=1S/C15H12F2N2O2/c16-10-1-2-13(14(17)7-10)15(20)19-8-12(9-19)21-11-3-5-18-6-4-11/h1-7,12H,8-9H2. The molecule has 0 saturated carbocycles. The van der Waals surface area contributed by atoms with E-state index in [9.17, 15) is 13.6 Å². The molecule has 1 fully saturated rings. The van der Waals surface area contributed by atoms with Crippen LogP contribution in [0.3, 0.4) is 0 Å². The van der Waals surface area contributed by atoms with Gasteiger partial charge in [0.1, 0.15) is 23.5 Å². The Kier molecular flexibility index (Phi) is 3.51. The summed E-state index contributed by atoms with van der Waals surface area (Å²) < 4.78 is 32.0. The van der Waals surface area contributed by atoms with Crippen molar-refractivity contribution in [1.29, 1.82) is 0 Å². The van der Waals surface area contributed by atoms with Gasteiger partial charge in [0.25, 0.3) is 5.91 Å². The number of hydrogen-bond acceptors (Lipinski definition) is 3. The van der Waals surface area contributed by atoms with E-state index in [-0.39, 0.29) is 11.7 Å². The fourth-order valence-electron chi connectivity index (χ4n) is 2.12. The molecule has 0 unspecified atom stereocenters. The van der Waals surface area contributed by atoms with Crippen LogP contribution in [0.25, 0.3) is 0 Å². The molecule has 4 nitrogen and oxygen atoms in total. The number of carbonyl (C=O) groups excluding carboxylic acids is 1. The van der Waals surface area contributed by atoms with E-state index in [2.05, 4.69) is 4.98 Å². The minimum atomic E-state index is -0.849. The Morgan fingerprint density at radius 1 is 1.19 bits per heavy atom. The molecule has 1 aromatic heterocycles. The van der Waals surface area contributed by atoms with E-state index in [1.807, 2.05) is 0 Å². The molecule has 2 aromatic rings. The first kappa shape index (κ1) is 13.5. The molecule has 1 amide bonds. The van der Waals surface area contributed by atoms with Gasteiger partial charge in [0.15, 0.2) is 0 Å². The van der Waals surface area contributed by atoms with Crippen molar-refractivity contribution >= 4 is 5.91 Å². The first-order valence-electron chi connectivity index (χ1n) is 6.44. The average Bonchev–Trinajstić information content (AvgIpc) is 2.43. The maximum Gasteiger partial charge on any atom is 0.257 e. The Balaban J connectivity index is 1.59. The van der Waals surface area contributed by atoms with Crippen LogP contribution in [0, 0.1) is 11.6 Å². The number of pyridine rings is 1. The highest BCUT2D eigenvalue weighted by Crippen LogP contribution is 2.20. The molecule has 0 spiro atoms. The molecule has 0 radical (unpaired) electrons. The van der Waals surface area contributed by atoms with Gasteiger partial charge >= 0.3 is 0 Å². The topological polar surface area (TPSA) is 42.4 Å². The van der Waals surface area contributed by atoms with E-state index >= 15 is 0 Å². The van der Waals surface area contributed by atoms with Gasteiger partial charge in [-0.25, -0.2) is 8.78 Å². The lowest BCUT2D eigenvalue weighted by Gasteiger charge is -2.39. The molecule has 0 bridgehead atoms. The van der Waals surface area contributed by atoms with Gasteiger partial charge in [-0.05, 0) is 24.3 Å². The van der Waals surface area contributed by atoms with Crippen LogP contribution in [0.4, 0.5) is 8.78 Å². The zero-order valence-electron chi connectivity index (χ0n) is 11.0. The first-order valence-corrected chi connectivity index (χ1v) is 6.44. The third-order valence-corrected chi connectivity index (χ3v) is 3.25. The lowest BCUT2D eigenvalue weighted by molar-refractivity contribution is 0.0174. The summed E-state index contributed by atoms with van der Waals surface area (Å²) in [6.07, 6.45) is 3.11. The van der Waals surface area contributed by atoms with Gasteiger partial charge in [0.2, 0.25) is 0 Å². The van der Waals surface area contributed by atoms with Crippen LogP contribution in [0.5, 0.6) is 5.75 Å². The van der Waals surface area contributed by atoms with Gasteiger partial charge in [0, 0.05) is 18.5 Å². The van der Waals surface area contributed by atoms with Crippen LogP contribution < -0.4 is 4.74 Å². The summed E-state index contributed by atoms with van der Waals surface area (Å²) in [7, 11) is 0. The molecule has 1 aromatic carbocycles.